The van der Waals surface area contributed by atoms with Gasteiger partial charge in [0.15, 0.2) is 0 Å². The lowest BCUT2D eigenvalue weighted by atomic mass is 10.0. The van der Waals surface area contributed by atoms with E-state index in [1.165, 1.54) is 11.3 Å². The van der Waals surface area contributed by atoms with Gasteiger partial charge in [0.2, 0.25) is 5.95 Å². The van der Waals surface area contributed by atoms with E-state index in [4.69, 9.17) is 5.73 Å². The molecule has 19 heavy (non-hydrogen) atoms. The fourth-order valence-corrected chi connectivity index (χ4v) is 2.48. The smallest absolute Gasteiger partial charge is 0.222 e. The monoisotopic (exact) mass is 276 g/mol. The van der Waals surface area contributed by atoms with Crippen LogP contribution in [0.3, 0.4) is 0 Å². The van der Waals surface area contributed by atoms with Crippen LogP contribution in [0.1, 0.15) is 17.7 Å². The second kappa shape index (κ2) is 5.45. The van der Waals surface area contributed by atoms with E-state index in [0.717, 1.165) is 30.9 Å². The van der Waals surface area contributed by atoms with Crippen LogP contribution in [-0.4, -0.2) is 16.5 Å². The summed E-state index contributed by atoms with van der Waals surface area (Å²) in [7, 11) is 0. The number of nitrogen functional groups attached to an aromatic ring is 1. The minimum Gasteiger partial charge on any atom is -0.368 e. The van der Waals surface area contributed by atoms with E-state index >= 15 is 0 Å². The third-order valence-electron chi connectivity index (χ3n) is 3.24. The lowest BCUT2D eigenvalue weighted by molar-refractivity contribution is 0.758. The van der Waals surface area contributed by atoms with E-state index in [2.05, 4.69) is 39.1 Å². The molecule has 100 valence electrons. The highest BCUT2D eigenvalue weighted by atomic mass is 35.5. The van der Waals surface area contributed by atoms with Gasteiger partial charge in [0.05, 0.1) is 0 Å². The molecule has 0 bridgehead atoms. The first kappa shape index (κ1) is 13.6. The van der Waals surface area contributed by atoms with Crippen molar-refractivity contribution in [1.29, 1.82) is 0 Å². The van der Waals surface area contributed by atoms with Crippen LogP contribution in [0.4, 0.5) is 17.5 Å². The zero-order valence-corrected chi connectivity index (χ0v) is 11.7. The molecule has 3 rings (SSSR count). The Labute approximate surface area is 119 Å². The molecule has 0 aliphatic carbocycles. The first-order valence-corrected chi connectivity index (χ1v) is 6.20. The Morgan fingerprint density at radius 3 is 2.79 bits per heavy atom. The molecule has 0 saturated carbocycles. The quantitative estimate of drug-likeness (QED) is 0.870. The molecule has 0 saturated heterocycles. The lowest BCUT2D eigenvalue weighted by Crippen LogP contribution is -2.25. The number of rotatable bonds is 1. The van der Waals surface area contributed by atoms with Crippen molar-refractivity contribution in [2.75, 3.05) is 17.2 Å². The van der Waals surface area contributed by atoms with Crippen LogP contribution < -0.4 is 10.6 Å². The van der Waals surface area contributed by atoms with Crippen molar-refractivity contribution in [1.82, 2.24) is 9.97 Å². The van der Waals surface area contributed by atoms with Crippen LogP contribution in [-0.2, 0) is 6.42 Å². The molecule has 1 aromatic carbocycles. The molecule has 2 heterocycles. The van der Waals surface area contributed by atoms with Gasteiger partial charge in [0.1, 0.15) is 5.82 Å². The Balaban J connectivity index is 0.00000133. The topological polar surface area (TPSA) is 55.0 Å². The number of fused-ring (bicyclic) bond motifs is 1. The van der Waals surface area contributed by atoms with Crippen molar-refractivity contribution in [2.24, 2.45) is 0 Å². The van der Waals surface area contributed by atoms with Gasteiger partial charge >= 0.3 is 0 Å². The zero-order chi connectivity index (χ0) is 12.5. The Morgan fingerprint density at radius 1 is 1.21 bits per heavy atom. The van der Waals surface area contributed by atoms with Crippen molar-refractivity contribution in [3.63, 3.8) is 0 Å². The zero-order valence-electron chi connectivity index (χ0n) is 10.8. The molecule has 4 nitrogen and oxygen atoms in total. The van der Waals surface area contributed by atoms with Crippen LogP contribution in [0.15, 0.2) is 30.3 Å². The van der Waals surface area contributed by atoms with Gasteiger partial charge in [0, 0.05) is 24.0 Å². The van der Waals surface area contributed by atoms with Crippen LogP contribution in [0.25, 0.3) is 0 Å². The Hall–Kier alpha value is -1.81. The summed E-state index contributed by atoms with van der Waals surface area (Å²) in [6.45, 7) is 2.92. The number of hydrogen-bond acceptors (Lipinski definition) is 4. The highest BCUT2D eigenvalue weighted by molar-refractivity contribution is 5.85. The largest absolute Gasteiger partial charge is 0.368 e. The highest BCUT2D eigenvalue weighted by Gasteiger charge is 2.19. The maximum absolute atomic E-state index is 5.74. The molecule has 0 amide bonds. The molecule has 1 aliphatic rings. The van der Waals surface area contributed by atoms with E-state index in [-0.39, 0.29) is 12.4 Å². The van der Waals surface area contributed by atoms with Gasteiger partial charge in [-0.2, -0.15) is 4.98 Å². The van der Waals surface area contributed by atoms with Gasteiger partial charge in [-0.05, 0) is 31.4 Å². The molecule has 0 fully saturated rings. The average molecular weight is 277 g/mol. The van der Waals surface area contributed by atoms with E-state index in [1.54, 1.807) is 0 Å². The molecular formula is C14H17ClN4. The van der Waals surface area contributed by atoms with E-state index in [0.29, 0.717) is 5.95 Å². The van der Waals surface area contributed by atoms with Gasteiger partial charge in [0.25, 0.3) is 0 Å². The highest BCUT2D eigenvalue weighted by Crippen LogP contribution is 2.32. The number of halogens is 1. The van der Waals surface area contributed by atoms with Gasteiger partial charge in [-0.25, -0.2) is 4.98 Å². The van der Waals surface area contributed by atoms with Crippen molar-refractivity contribution in [3.05, 3.63) is 41.6 Å². The van der Waals surface area contributed by atoms with Crippen molar-refractivity contribution < 1.29 is 0 Å². The van der Waals surface area contributed by atoms with Crippen molar-refractivity contribution in [3.8, 4) is 0 Å². The van der Waals surface area contributed by atoms with E-state index < -0.39 is 0 Å². The molecule has 5 heteroatoms. The summed E-state index contributed by atoms with van der Waals surface area (Å²) in [5.74, 6) is 1.24. The summed E-state index contributed by atoms with van der Waals surface area (Å²) in [5, 5.41) is 0. The first-order valence-electron chi connectivity index (χ1n) is 6.20. The fourth-order valence-electron chi connectivity index (χ4n) is 2.48. The standard InChI is InChI=1S/C14H16N4.ClH/c1-10-9-13(17-14(15)16-10)18-8-4-6-11-5-2-3-7-12(11)18;/h2-3,5,7,9H,4,6,8H2,1H3,(H2,15,16,17);1H. The Bertz CT molecular complexity index is 565. The number of aryl methyl sites for hydroxylation is 2. The maximum atomic E-state index is 5.74. The summed E-state index contributed by atoms with van der Waals surface area (Å²) >= 11 is 0. The second-order valence-electron chi connectivity index (χ2n) is 4.61. The molecule has 0 atom stereocenters. The minimum atomic E-state index is 0. The summed E-state index contributed by atoms with van der Waals surface area (Å²) in [6.07, 6.45) is 2.27. The molecule has 0 spiro atoms. The van der Waals surface area contributed by atoms with Gasteiger partial charge in [-0.1, -0.05) is 18.2 Å². The van der Waals surface area contributed by atoms with Crippen molar-refractivity contribution >= 4 is 29.9 Å². The molecule has 2 aromatic rings. The average Bonchev–Trinajstić information content (AvgIpc) is 2.37. The van der Waals surface area contributed by atoms with Gasteiger partial charge in [-0.15, -0.1) is 12.4 Å². The van der Waals surface area contributed by atoms with E-state index in [9.17, 15) is 0 Å². The van der Waals surface area contributed by atoms with E-state index in [1.807, 2.05) is 13.0 Å². The predicted molar refractivity (Wildman–Crippen MR) is 80.2 cm³/mol. The minimum absolute atomic E-state index is 0. The second-order valence-corrected chi connectivity index (χ2v) is 4.61. The number of aromatic nitrogens is 2. The number of anilines is 3. The third kappa shape index (κ3) is 2.63. The Kier molecular flexibility index (Phi) is 3.90. The number of para-hydroxylation sites is 1. The van der Waals surface area contributed by atoms with Crippen LogP contribution in [0, 0.1) is 6.92 Å². The van der Waals surface area contributed by atoms with Crippen LogP contribution >= 0.6 is 12.4 Å². The lowest BCUT2D eigenvalue weighted by Gasteiger charge is -2.30. The van der Waals surface area contributed by atoms with Crippen molar-refractivity contribution in [2.45, 2.75) is 19.8 Å². The number of benzene rings is 1. The maximum Gasteiger partial charge on any atom is 0.222 e. The molecule has 0 radical (unpaired) electrons. The molecule has 1 aliphatic heterocycles. The summed E-state index contributed by atoms with van der Waals surface area (Å²) in [6, 6.07) is 10.5. The first-order chi connectivity index (χ1) is 8.74. The molecule has 0 unspecified atom stereocenters. The number of hydrogen-bond donors (Lipinski definition) is 1. The Morgan fingerprint density at radius 2 is 2.00 bits per heavy atom. The third-order valence-corrected chi connectivity index (χ3v) is 3.24. The number of nitrogens with two attached hydrogens (primary N) is 1. The molecule has 1 aromatic heterocycles. The predicted octanol–water partition coefficient (Wildman–Crippen LogP) is 2.87. The van der Waals surface area contributed by atoms with Crippen LogP contribution in [0.2, 0.25) is 0 Å². The van der Waals surface area contributed by atoms with Gasteiger partial charge < -0.3 is 10.6 Å². The normalized spacial score (nSPS) is 13.6. The van der Waals surface area contributed by atoms with Gasteiger partial charge in [-0.3, -0.25) is 0 Å². The number of nitrogens with zero attached hydrogens (tertiary/aromatic N) is 3. The summed E-state index contributed by atoms with van der Waals surface area (Å²) in [5.41, 5.74) is 9.25. The summed E-state index contributed by atoms with van der Waals surface area (Å²) < 4.78 is 0. The summed E-state index contributed by atoms with van der Waals surface area (Å²) in [4.78, 5) is 10.7. The SMILES string of the molecule is Cc1cc(N2CCCc3ccccc32)nc(N)n1.Cl. The fraction of sp³-hybridized carbons (Fsp3) is 0.286. The molecule has 2 N–H and O–H groups in total. The molecular weight excluding hydrogens is 260 g/mol. The van der Waals surface area contributed by atoms with Crippen LogP contribution in [0.5, 0.6) is 0 Å².